The summed E-state index contributed by atoms with van der Waals surface area (Å²) in [4.78, 5) is 23.7. The monoisotopic (exact) mass is 346 g/mol. The van der Waals surface area contributed by atoms with Crippen LogP contribution in [0.1, 0.15) is 35.8 Å². The van der Waals surface area contributed by atoms with Crippen LogP contribution in [0.3, 0.4) is 0 Å². The smallest absolute Gasteiger partial charge is 0.238 e. The number of carbonyl (C=O) groups is 2. The quantitative estimate of drug-likeness (QED) is 0.653. The van der Waals surface area contributed by atoms with Gasteiger partial charge in [0.1, 0.15) is 0 Å². The van der Waals surface area contributed by atoms with Gasteiger partial charge in [0.2, 0.25) is 5.91 Å². The van der Waals surface area contributed by atoms with Crippen molar-refractivity contribution in [1.29, 1.82) is 0 Å². The summed E-state index contributed by atoms with van der Waals surface area (Å²) < 4.78 is 0. The topological polar surface area (TPSA) is 58.2 Å². The first-order chi connectivity index (χ1) is 12.5. The summed E-state index contributed by atoms with van der Waals surface area (Å²) in [6, 6.07) is 21.4. The van der Waals surface area contributed by atoms with Gasteiger partial charge in [0.05, 0.1) is 6.54 Å². The summed E-state index contributed by atoms with van der Waals surface area (Å²) in [6.07, 6.45) is 0. The Hall–Kier alpha value is -2.98. The van der Waals surface area contributed by atoms with Gasteiger partial charge in [-0.15, -0.1) is 0 Å². The van der Waals surface area contributed by atoms with Crippen molar-refractivity contribution >= 4 is 28.2 Å². The van der Waals surface area contributed by atoms with Gasteiger partial charge in [0, 0.05) is 17.3 Å². The Kier molecular flexibility index (Phi) is 5.44. The molecule has 0 heterocycles. The van der Waals surface area contributed by atoms with E-state index in [4.69, 9.17) is 0 Å². The number of amides is 1. The van der Waals surface area contributed by atoms with Crippen molar-refractivity contribution in [3.63, 3.8) is 0 Å². The predicted molar refractivity (Wildman–Crippen MR) is 105 cm³/mol. The molecule has 3 aromatic carbocycles. The van der Waals surface area contributed by atoms with Crippen LogP contribution in [0.25, 0.3) is 10.8 Å². The highest BCUT2D eigenvalue weighted by Gasteiger charge is 2.11. The van der Waals surface area contributed by atoms with E-state index in [0.29, 0.717) is 11.3 Å². The van der Waals surface area contributed by atoms with Gasteiger partial charge in [-0.05, 0) is 42.3 Å². The van der Waals surface area contributed by atoms with Gasteiger partial charge >= 0.3 is 0 Å². The fourth-order valence-corrected chi connectivity index (χ4v) is 3.00. The molecule has 3 rings (SSSR count). The first-order valence-corrected chi connectivity index (χ1v) is 8.66. The third-order valence-corrected chi connectivity index (χ3v) is 4.41. The number of benzene rings is 3. The van der Waals surface area contributed by atoms with Crippen LogP contribution < -0.4 is 10.6 Å². The Morgan fingerprint density at radius 3 is 2.50 bits per heavy atom. The molecule has 0 bridgehead atoms. The van der Waals surface area contributed by atoms with Gasteiger partial charge in [-0.3, -0.25) is 9.59 Å². The number of carbonyl (C=O) groups excluding carboxylic acids is 2. The number of Topliss-reactive ketones (excluding diaryl/α,β-unsaturated/α-hetero) is 1. The van der Waals surface area contributed by atoms with Crippen LogP contribution in [0.5, 0.6) is 0 Å². The van der Waals surface area contributed by atoms with E-state index in [1.54, 1.807) is 24.3 Å². The van der Waals surface area contributed by atoms with E-state index in [-0.39, 0.29) is 24.3 Å². The van der Waals surface area contributed by atoms with E-state index >= 15 is 0 Å². The van der Waals surface area contributed by atoms with Crippen LogP contribution in [0.2, 0.25) is 0 Å². The number of nitrogens with one attached hydrogen (secondary N) is 2. The van der Waals surface area contributed by atoms with Crippen LogP contribution in [0.4, 0.5) is 5.69 Å². The van der Waals surface area contributed by atoms with Gasteiger partial charge in [-0.2, -0.15) is 0 Å². The van der Waals surface area contributed by atoms with Crippen molar-refractivity contribution in [1.82, 2.24) is 5.32 Å². The number of anilines is 1. The third kappa shape index (κ3) is 4.16. The van der Waals surface area contributed by atoms with Crippen LogP contribution in [0.15, 0.2) is 66.7 Å². The number of rotatable bonds is 6. The number of ketones is 1. The van der Waals surface area contributed by atoms with Crippen molar-refractivity contribution in [2.24, 2.45) is 0 Å². The van der Waals surface area contributed by atoms with Gasteiger partial charge in [0.25, 0.3) is 0 Å². The lowest BCUT2D eigenvalue weighted by atomic mass is 10.00. The van der Waals surface area contributed by atoms with Crippen molar-refractivity contribution in [2.45, 2.75) is 19.9 Å². The molecule has 132 valence electrons. The first kappa shape index (κ1) is 17.8. The molecule has 0 saturated heterocycles. The molecule has 1 atom stereocenters. The lowest BCUT2D eigenvalue weighted by Gasteiger charge is -2.16. The zero-order chi connectivity index (χ0) is 18.5. The maximum Gasteiger partial charge on any atom is 0.238 e. The van der Waals surface area contributed by atoms with Crippen LogP contribution in [0, 0.1) is 0 Å². The predicted octanol–water partition coefficient (Wildman–Crippen LogP) is 4.33. The summed E-state index contributed by atoms with van der Waals surface area (Å²) in [5.41, 5.74) is 2.37. The second kappa shape index (κ2) is 7.93. The standard InChI is InChI=1S/C22H22N2O2/c1-15(20-12-6-8-17-7-3-4-11-21(17)20)23-14-22(26)24-19-10-5-9-18(13-19)16(2)25/h3-13,15,23H,14H2,1-2H3,(H,24,26)/t15-/m1/s1. The molecule has 4 heteroatoms. The molecule has 1 amide bonds. The number of hydrogen-bond acceptors (Lipinski definition) is 3. The molecule has 26 heavy (non-hydrogen) atoms. The molecule has 0 radical (unpaired) electrons. The molecule has 2 N–H and O–H groups in total. The average Bonchev–Trinajstić information content (AvgIpc) is 2.66. The first-order valence-electron chi connectivity index (χ1n) is 8.66. The molecule has 3 aromatic rings. The normalized spacial score (nSPS) is 11.9. The maximum atomic E-state index is 12.2. The minimum Gasteiger partial charge on any atom is -0.325 e. The minimum atomic E-state index is -0.141. The summed E-state index contributed by atoms with van der Waals surface area (Å²) in [7, 11) is 0. The van der Waals surface area contributed by atoms with E-state index in [1.165, 1.54) is 17.7 Å². The Morgan fingerprint density at radius 2 is 1.69 bits per heavy atom. The molecule has 0 spiro atoms. The number of hydrogen-bond donors (Lipinski definition) is 2. The lowest BCUT2D eigenvalue weighted by molar-refractivity contribution is -0.115. The fourth-order valence-electron chi connectivity index (χ4n) is 3.00. The molecular weight excluding hydrogens is 324 g/mol. The van der Waals surface area contributed by atoms with E-state index in [1.807, 2.05) is 25.1 Å². The Bertz CT molecular complexity index is 944. The molecule has 0 aromatic heterocycles. The third-order valence-electron chi connectivity index (χ3n) is 4.41. The van der Waals surface area contributed by atoms with E-state index in [2.05, 4.69) is 34.9 Å². The van der Waals surface area contributed by atoms with Crippen LogP contribution in [-0.2, 0) is 4.79 Å². The second-order valence-electron chi connectivity index (χ2n) is 6.36. The molecule has 4 nitrogen and oxygen atoms in total. The van der Waals surface area contributed by atoms with Gasteiger partial charge in [-0.1, -0.05) is 54.6 Å². The largest absolute Gasteiger partial charge is 0.325 e. The Labute approximate surface area is 153 Å². The number of fused-ring (bicyclic) bond motifs is 1. The average molecular weight is 346 g/mol. The van der Waals surface area contributed by atoms with Crippen molar-refractivity contribution in [3.8, 4) is 0 Å². The van der Waals surface area contributed by atoms with E-state index in [9.17, 15) is 9.59 Å². The molecule has 0 saturated carbocycles. The summed E-state index contributed by atoms with van der Waals surface area (Å²) in [6.45, 7) is 3.74. The highest BCUT2D eigenvalue weighted by Crippen LogP contribution is 2.23. The maximum absolute atomic E-state index is 12.2. The summed E-state index contributed by atoms with van der Waals surface area (Å²) in [5, 5.41) is 8.47. The van der Waals surface area contributed by atoms with Crippen molar-refractivity contribution < 1.29 is 9.59 Å². The van der Waals surface area contributed by atoms with Crippen molar-refractivity contribution in [2.75, 3.05) is 11.9 Å². The van der Waals surface area contributed by atoms with Crippen molar-refractivity contribution in [3.05, 3.63) is 77.9 Å². The van der Waals surface area contributed by atoms with Crippen LogP contribution >= 0.6 is 0 Å². The Balaban J connectivity index is 1.64. The summed E-state index contributed by atoms with van der Waals surface area (Å²) >= 11 is 0. The zero-order valence-electron chi connectivity index (χ0n) is 15.0. The van der Waals surface area contributed by atoms with E-state index in [0.717, 1.165) is 5.56 Å². The molecular formula is C22H22N2O2. The molecule has 0 aliphatic rings. The second-order valence-corrected chi connectivity index (χ2v) is 6.36. The molecule has 0 aliphatic heterocycles. The summed E-state index contributed by atoms with van der Waals surface area (Å²) in [5.74, 6) is -0.165. The minimum absolute atomic E-state index is 0.0243. The Morgan fingerprint density at radius 1 is 0.962 bits per heavy atom. The fraction of sp³-hybridized carbons (Fsp3) is 0.182. The van der Waals surface area contributed by atoms with Gasteiger partial charge in [0.15, 0.2) is 5.78 Å². The van der Waals surface area contributed by atoms with Gasteiger partial charge in [-0.25, -0.2) is 0 Å². The SMILES string of the molecule is CC(=O)c1cccc(NC(=O)CN[C@H](C)c2cccc3ccccc23)c1. The highest BCUT2D eigenvalue weighted by molar-refractivity contribution is 5.97. The van der Waals surface area contributed by atoms with Gasteiger partial charge < -0.3 is 10.6 Å². The van der Waals surface area contributed by atoms with Crippen LogP contribution in [-0.4, -0.2) is 18.2 Å². The molecule has 0 unspecified atom stereocenters. The highest BCUT2D eigenvalue weighted by atomic mass is 16.2. The zero-order valence-corrected chi connectivity index (χ0v) is 15.0. The van der Waals surface area contributed by atoms with E-state index < -0.39 is 0 Å². The molecule has 0 fully saturated rings. The lowest BCUT2D eigenvalue weighted by Crippen LogP contribution is -2.30. The molecule has 0 aliphatic carbocycles.